The lowest BCUT2D eigenvalue weighted by Gasteiger charge is -2.04. The zero-order chi connectivity index (χ0) is 8.48. The maximum atomic E-state index is 11.9. The SMILES string of the molecule is OCc1c[nH]cc1C(F)(F)F. The molecule has 0 spiro atoms. The van der Waals surface area contributed by atoms with Crippen molar-refractivity contribution in [3.8, 4) is 0 Å². The van der Waals surface area contributed by atoms with Crippen LogP contribution in [0.4, 0.5) is 13.2 Å². The van der Waals surface area contributed by atoms with Gasteiger partial charge >= 0.3 is 6.18 Å². The standard InChI is InChI=1S/C6H6F3NO/c7-6(8,9)5-2-10-1-4(5)3-11/h1-2,10-11H,3H2. The number of alkyl halides is 3. The van der Waals surface area contributed by atoms with E-state index in [-0.39, 0.29) is 5.56 Å². The molecule has 5 heteroatoms. The van der Waals surface area contributed by atoms with E-state index < -0.39 is 18.3 Å². The Hall–Kier alpha value is -0.970. The first-order valence-electron chi connectivity index (χ1n) is 2.89. The molecule has 62 valence electrons. The fourth-order valence-electron chi connectivity index (χ4n) is 0.791. The Morgan fingerprint density at radius 3 is 2.36 bits per heavy atom. The molecule has 0 saturated carbocycles. The van der Waals surface area contributed by atoms with Crippen LogP contribution < -0.4 is 0 Å². The number of aliphatic hydroxyl groups excluding tert-OH is 1. The van der Waals surface area contributed by atoms with Crippen molar-refractivity contribution in [3.05, 3.63) is 23.5 Å². The van der Waals surface area contributed by atoms with Crippen LogP contribution in [0.25, 0.3) is 0 Å². The highest BCUT2D eigenvalue weighted by molar-refractivity contribution is 5.25. The van der Waals surface area contributed by atoms with Gasteiger partial charge in [-0.05, 0) is 0 Å². The molecular weight excluding hydrogens is 159 g/mol. The van der Waals surface area contributed by atoms with Crippen LogP contribution in [0.5, 0.6) is 0 Å². The number of aromatic amines is 1. The van der Waals surface area contributed by atoms with Crippen molar-refractivity contribution in [2.45, 2.75) is 12.8 Å². The van der Waals surface area contributed by atoms with E-state index in [1.807, 2.05) is 0 Å². The van der Waals surface area contributed by atoms with E-state index >= 15 is 0 Å². The van der Waals surface area contributed by atoms with Crippen LogP contribution in [0.2, 0.25) is 0 Å². The zero-order valence-electron chi connectivity index (χ0n) is 5.44. The number of hydrogen-bond acceptors (Lipinski definition) is 1. The van der Waals surface area contributed by atoms with Crippen molar-refractivity contribution in [1.29, 1.82) is 0 Å². The van der Waals surface area contributed by atoms with Gasteiger partial charge in [0, 0.05) is 18.0 Å². The van der Waals surface area contributed by atoms with E-state index in [4.69, 9.17) is 5.11 Å². The Morgan fingerprint density at radius 1 is 1.36 bits per heavy atom. The molecule has 1 aromatic rings. The van der Waals surface area contributed by atoms with Crippen LogP contribution in [-0.2, 0) is 12.8 Å². The predicted molar refractivity (Wildman–Crippen MR) is 31.7 cm³/mol. The van der Waals surface area contributed by atoms with Gasteiger partial charge in [-0.15, -0.1) is 0 Å². The number of H-pyrrole nitrogens is 1. The highest BCUT2D eigenvalue weighted by atomic mass is 19.4. The second-order valence-corrected chi connectivity index (χ2v) is 2.05. The molecule has 1 rings (SSSR count). The summed E-state index contributed by atoms with van der Waals surface area (Å²) in [7, 11) is 0. The monoisotopic (exact) mass is 165 g/mol. The number of hydrogen-bond donors (Lipinski definition) is 2. The highest BCUT2D eigenvalue weighted by Gasteiger charge is 2.33. The molecule has 2 nitrogen and oxygen atoms in total. The molecule has 0 aliphatic rings. The summed E-state index contributed by atoms with van der Waals surface area (Å²) in [6.45, 7) is -0.599. The van der Waals surface area contributed by atoms with Gasteiger partial charge in [0.2, 0.25) is 0 Å². The smallest absolute Gasteiger partial charge is 0.392 e. The third kappa shape index (κ3) is 1.54. The van der Waals surface area contributed by atoms with Gasteiger partial charge < -0.3 is 10.1 Å². The lowest BCUT2D eigenvalue weighted by Crippen LogP contribution is -2.06. The van der Waals surface area contributed by atoms with E-state index in [1.165, 1.54) is 0 Å². The van der Waals surface area contributed by atoms with E-state index in [2.05, 4.69) is 4.98 Å². The molecular formula is C6H6F3NO. The van der Waals surface area contributed by atoms with Crippen molar-refractivity contribution in [2.75, 3.05) is 0 Å². The largest absolute Gasteiger partial charge is 0.418 e. The normalized spacial score (nSPS) is 12.0. The molecule has 0 aliphatic heterocycles. The Kier molecular flexibility index (Phi) is 1.90. The molecule has 0 unspecified atom stereocenters. The average molecular weight is 165 g/mol. The van der Waals surface area contributed by atoms with Gasteiger partial charge in [-0.25, -0.2) is 0 Å². The molecule has 0 fully saturated rings. The quantitative estimate of drug-likeness (QED) is 0.650. The Labute approximate surface area is 60.7 Å². The van der Waals surface area contributed by atoms with Crippen molar-refractivity contribution < 1.29 is 18.3 Å². The van der Waals surface area contributed by atoms with E-state index in [0.29, 0.717) is 0 Å². The summed E-state index contributed by atoms with van der Waals surface area (Å²) >= 11 is 0. The second-order valence-electron chi connectivity index (χ2n) is 2.05. The third-order valence-electron chi connectivity index (χ3n) is 1.31. The van der Waals surface area contributed by atoms with Crippen LogP contribution >= 0.6 is 0 Å². The van der Waals surface area contributed by atoms with Gasteiger partial charge in [0.1, 0.15) is 0 Å². The Morgan fingerprint density at radius 2 is 2.00 bits per heavy atom. The van der Waals surface area contributed by atoms with Crippen LogP contribution in [0.1, 0.15) is 11.1 Å². The first kappa shape index (κ1) is 8.13. The van der Waals surface area contributed by atoms with Gasteiger partial charge in [-0.1, -0.05) is 0 Å². The first-order chi connectivity index (χ1) is 5.05. The third-order valence-corrected chi connectivity index (χ3v) is 1.31. The van der Waals surface area contributed by atoms with Crippen molar-refractivity contribution in [1.82, 2.24) is 4.98 Å². The summed E-state index contributed by atoms with van der Waals surface area (Å²) in [6.07, 6.45) is -2.42. The molecule has 0 radical (unpaired) electrons. The van der Waals surface area contributed by atoms with E-state index in [1.54, 1.807) is 0 Å². The number of halogens is 3. The summed E-state index contributed by atoms with van der Waals surface area (Å²) in [5.41, 5.74) is -0.933. The average Bonchev–Trinajstić information content (AvgIpc) is 2.31. The van der Waals surface area contributed by atoms with Gasteiger partial charge in [0.15, 0.2) is 0 Å². The van der Waals surface area contributed by atoms with Crippen LogP contribution in [0.15, 0.2) is 12.4 Å². The maximum Gasteiger partial charge on any atom is 0.418 e. The predicted octanol–water partition coefficient (Wildman–Crippen LogP) is 1.53. The zero-order valence-corrected chi connectivity index (χ0v) is 5.44. The first-order valence-corrected chi connectivity index (χ1v) is 2.89. The maximum absolute atomic E-state index is 11.9. The van der Waals surface area contributed by atoms with E-state index in [0.717, 1.165) is 12.4 Å². The van der Waals surface area contributed by atoms with Crippen LogP contribution in [0.3, 0.4) is 0 Å². The number of aliphatic hydroxyl groups is 1. The summed E-state index contributed by atoms with van der Waals surface area (Å²) < 4.78 is 35.8. The Bertz CT molecular complexity index is 240. The minimum atomic E-state index is -4.38. The van der Waals surface area contributed by atoms with Gasteiger partial charge in [0.05, 0.1) is 12.2 Å². The summed E-state index contributed by atoms with van der Waals surface area (Å²) in [5, 5.41) is 8.45. The Balaban J connectivity index is 3.02. The van der Waals surface area contributed by atoms with Crippen molar-refractivity contribution >= 4 is 0 Å². The lowest BCUT2D eigenvalue weighted by molar-refractivity contribution is -0.138. The molecule has 0 atom stereocenters. The molecule has 0 bridgehead atoms. The molecule has 11 heavy (non-hydrogen) atoms. The molecule has 0 saturated heterocycles. The minimum Gasteiger partial charge on any atom is -0.392 e. The van der Waals surface area contributed by atoms with Crippen LogP contribution in [-0.4, -0.2) is 10.1 Å². The number of rotatable bonds is 1. The summed E-state index contributed by atoms with van der Waals surface area (Å²) in [6, 6.07) is 0. The van der Waals surface area contributed by atoms with Crippen LogP contribution in [0, 0.1) is 0 Å². The minimum absolute atomic E-state index is 0.127. The fourth-order valence-corrected chi connectivity index (χ4v) is 0.791. The molecule has 2 N–H and O–H groups in total. The molecule has 1 heterocycles. The van der Waals surface area contributed by atoms with Gasteiger partial charge in [-0.3, -0.25) is 0 Å². The lowest BCUT2D eigenvalue weighted by atomic mass is 10.2. The molecule has 1 aromatic heterocycles. The summed E-state index contributed by atoms with van der Waals surface area (Å²) in [4.78, 5) is 2.28. The molecule has 0 amide bonds. The molecule has 0 aliphatic carbocycles. The van der Waals surface area contributed by atoms with Crippen molar-refractivity contribution in [3.63, 3.8) is 0 Å². The van der Waals surface area contributed by atoms with Gasteiger partial charge in [-0.2, -0.15) is 13.2 Å². The van der Waals surface area contributed by atoms with Gasteiger partial charge in [0.25, 0.3) is 0 Å². The fraction of sp³-hybridized carbons (Fsp3) is 0.333. The number of nitrogens with one attached hydrogen (secondary N) is 1. The number of aromatic nitrogens is 1. The topological polar surface area (TPSA) is 36.0 Å². The second kappa shape index (κ2) is 2.58. The summed E-state index contributed by atoms with van der Waals surface area (Å²) in [5.74, 6) is 0. The molecule has 0 aromatic carbocycles. The van der Waals surface area contributed by atoms with E-state index in [9.17, 15) is 13.2 Å². The van der Waals surface area contributed by atoms with Crippen molar-refractivity contribution in [2.24, 2.45) is 0 Å². The highest BCUT2D eigenvalue weighted by Crippen LogP contribution is 2.31.